The molecule has 0 amide bonds. The minimum Gasteiger partial charge on any atom is -0.229 e. The number of hydrogen-bond acceptors (Lipinski definition) is 6. The lowest BCUT2D eigenvalue weighted by Gasteiger charge is -2.32. The Hall–Kier alpha value is -0.680. The Labute approximate surface area is 159 Å². The van der Waals surface area contributed by atoms with E-state index in [-0.39, 0.29) is 45.8 Å². The minimum atomic E-state index is -4.10. The van der Waals surface area contributed by atoms with Crippen molar-refractivity contribution in [2.24, 2.45) is 0 Å². The van der Waals surface area contributed by atoms with Crippen LogP contribution in [-0.4, -0.2) is 64.7 Å². The summed E-state index contributed by atoms with van der Waals surface area (Å²) >= 11 is 5.96. The summed E-state index contributed by atoms with van der Waals surface area (Å²) in [6.45, 7) is 1.62. The molecule has 2 aliphatic heterocycles. The molecule has 26 heavy (non-hydrogen) atoms. The highest BCUT2D eigenvalue weighted by atomic mass is 35.5. The Kier molecular flexibility index (Phi) is 5.20. The van der Waals surface area contributed by atoms with Crippen LogP contribution in [0.15, 0.2) is 23.1 Å². The van der Waals surface area contributed by atoms with Crippen LogP contribution in [0.25, 0.3) is 0 Å². The fourth-order valence-electron chi connectivity index (χ4n) is 3.61. The Morgan fingerprint density at radius 2 is 1.50 bits per heavy atom. The van der Waals surface area contributed by atoms with Crippen molar-refractivity contribution in [1.29, 1.82) is 0 Å². The molecule has 2 fully saturated rings. The number of benzene rings is 1. The number of nitrogens with zero attached hydrogens (tertiary/aromatic N) is 1. The van der Waals surface area contributed by atoms with Gasteiger partial charge in [-0.25, -0.2) is 25.3 Å². The number of hydrogen-bond donors (Lipinski definition) is 0. The fraction of sp³-hybridized carbons (Fsp3) is 0.600. The van der Waals surface area contributed by atoms with E-state index in [2.05, 4.69) is 0 Å². The van der Waals surface area contributed by atoms with Crippen LogP contribution in [0.4, 0.5) is 0 Å². The van der Waals surface area contributed by atoms with Gasteiger partial charge in [-0.2, -0.15) is 4.31 Å². The zero-order valence-corrected chi connectivity index (χ0v) is 17.3. The minimum absolute atomic E-state index is 0.0152. The lowest BCUT2D eigenvalue weighted by Crippen LogP contribution is -2.48. The highest BCUT2D eigenvalue weighted by Crippen LogP contribution is 2.33. The first-order chi connectivity index (χ1) is 11.9. The van der Waals surface area contributed by atoms with Crippen LogP contribution in [0.5, 0.6) is 0 Å². The maximum atomic E-state index is 13.4. The summed E-state index contributed by atoms with van der Waals surface area (Å²) in [5, 5.41) is 0.243. The molecule has 146 valence electrons. The van der Waals surface area contributed by atoms with Gasteiger partial charge in [0.15, 0.2) is 19.7 Å². The Morgan fingerprint density at radius 1 is 1.00 bits per heavy atom. The van der Waals surface area contributed by atoms with Crippen molar-refractivity contribution in [3.63, 3.8) is 0 Å². The number of aryl methyl sites for hydroxylation is 1. The normalized spacial score (nSPS) is 27.8. The molecule has 1 aromatic carbocycles. The molecule has 3 rings (SSSR count). The molecule has 2 saturated heterocycles. The molecule has 0 radical (unpaired) electrons. The predicted octanol–water partition coefficient (Wildman–Crippen LogP) is 1.01. The van der Waals surface area contributed by atoms with Crippen molar-refractivity contribution in [1.82, 2.24) is 4.31 Å². The van der Waals surface area contributed by atoms with Gasteiger partial charge in [-0.05, 0) is 37.5 Å². The van der Waals surface area contributed by atoms with Crippen LogP contribution in [-0.2, 0) is 29.7 Å². The molecule has 0 N–H and O–H groups in total. The van der Waals surface area contributed by atoms with Gasteiger partial charge in [-0.15, -0.1) is 0 Å². The smallest absolute Gasteiger partial charge is 0.229 e. The van der Waals surface area contributed by atoms with Gasteiger partial charge >= 0.3 is 0 Å². The molecule has 0 aromatic heterocycles. The standard InChI is InChI=1S/C15H20ClNO6S3/c1-11-2-3-12(16)8-15(11)26(22,23)17(13-4-6-24(18,19)9-13)14-5-7-25(20,21)10-14/h2-3,8,13-14H,4-7,9-10H2,1H3/t13-,14-/m1/s1. The van der Waals surface area contributed by atoms with E-state index in [0.29, 0.717) is 5.56 Å². The Balaban J connectivity index is 2.09. The first-order valence-corrected chi connectivity index (χ1v) is 13.6. The molecule has 0 spiro atoms. The largest absolute Gasteiger partial charge is 0.243 e. The molecule has 0 aliphatic carbocycles. The van der Waals surface area contributed by atoms with Gasteiger partial charge in [0.25, 0.3) is 0 Å². The van der Waals surface area contributed by atoms with Crippen molar-refractivity contribution in [2.75, 3.05) is 23.0 Å². The van der Waals surface area contributed by atoms with Gasteiger partial charge in [-0.3, -0.25) is 0 Å². The van der Waals surface area contributed by atoms with E-state index in [0.717, 1.165) is 4.31 Å². The monoisotopic (exact) mass is 441 g/mol. The first-order valence-electron chi connectivity index (χ1n) is 8.12. The molecular formula is C15H20ClNO6S3. The van der Waals surface area contributed by atoms with Gasteiger partial charge in [-0.1, -0.05) is 17.7 Å². The van der Waals surface area contributed by atoms with Gasteiger partial charge in [0.05, 0.1) is 27.9 Å². The quantitative estimate of drug-likeness (QED) is 0.690. The fourth-order valence-corrected chi connectivity index (χ4v) is 9.58. The van der Waals surface area contributed by atoms with Crippen LogP contribution in [0, 0.1) is 6.92 Å². The Bertz CT molecular complexity index is 989. The molecule has 0 bridgehead atoms. The zero-order chi connectivity index (χ0) is 19.3. The maximum Gasteiger partial charge on any atom is 0.243 e. The van der Waals surface area contributed by atoms with E-state index in [1.165, 1.54) is 6.07 Å². The SMILES string of the molecule is Cc1ccc(Cl)cc1S(=O)(=O)N([C@@H]1CCS(=O)(=O)C1)[C@@H]1CCS(=O)(=O)C1. The number of sulfonamides is 1. The summed E-state index contributed by atoms with van der Waals surface area (Å²) in [4.78, 5) is -0.0152. The topological polar surface area (TPSA) is 106 Å². The third-order valence-corrected chi connectivity index (χ3v) is 10.7. The highest BCUT2D eigenvalue weighted by Gasteiger charge is 2.46. The van der Waals surface area contributed by atoms with E-state index in [4.69, 9.17) is 11.6 Å². The third-order valence-electron chi connectivity index (χ3n) is 4.84. The zero-order valence-electron chi connectivity index (χ0n) is 14.1. The summed E-state index contributed by atoms with van der Waals surface area (Å²) < 4.78 is 75.5. The summed E-state index contributed by atoms with van der Waals surface area (Å²) in [6, 6.07) is 2.94. The molecule has 0 saturated carbocycles. The molecular weight excluding hydrogens is 422 g/mol. The first kappa shape index (κ1) is 20.1. The van der Waals surface area contributed by atoms with E-state index >= 15 is 0 Å². The van der Waals surface area contributed by atoms with Crippen LogP contribution < -0.4 is 0 Å². The van der Waals surface area contributed by atoms with Crippen molar-refractivity contribution in [2.45, 2.75) is 36.7 Å². The molecule has 0 unspecified atom stereocenters. The molecule has 2 atom stereocenters. The van der Waals surface area contributed by atoms with Crippen molar-refractivity contribution >= 4 is 41.3 Å². The number of sulfone groups is 2. The molecule has 2 heterocycles. The Morgan fingerprint density at radius 3 is 1.92 bits per heavy atom. The van der Waals surface area contributed by atoms with Crippen LogP contribution in [0.1, 0.15) is 18.4 Å². The van der Waals surface area contributed by atoms with Crippen LogP contribution in [0.2, 0.25) is 5.02 Å². The van der Waals surface area contributed by atoms with Crippen LogP contribution in [0.3, 0.4) is 0 Å². The van der Waals surface area contributed by atoms with Crippen molar-refractivity contribution in [3.05, 3.63) is 28.8 Å². The van der Waals surface area contributed by atoms with E-state index in [9.17, 15) is 25.3 Å². The second-order valence-corrected chi connectivity index (χ2v) is 13.6. The predicted molar refractivity (Wildman–Crippen MR) is 99.3 cm³/mol. The van der Waals surface area contributed by atoms with Crippen molar-refractivity contribution < 1.29 is 25.3 Å². The number of halogens is 1. The van der Waals surface area contributed by atoms with Gasteiger partial charge in [0, 0.05) is 17.1 Å². The average Bonchev–Trinajstić information content (AvgIpc) is 3.03. The average molecular weight is 442 g/mol. The summed E-state index contributed by atoms with van der Waals surface area (Å²) in [6.07, 6.45) is 0.329. The van der Waals surface area contributed by atoms with Gasteiger partial charge < -0.3 is 0 Å². The molecule has 7 nitrogen and oxygen atoms in total. The molecule has 2 aliphatic rings. The lowest BCUT2D eigenvalue weighted by atomic mass is 10.2. The number of rotatable bonds is 4. The summed E-state index contributed by atoms with van der Waals surface area (Å²) in [5.41, 5.74) is 0.473. The second kappa shape index (κ2) is 6.73. The van der Waals surface area contributed by atoms with Crippen LogP contribution >= 0.6 is 11.6 Å². The molecule has 1 aromatic rings. The van der Waals surface area contributed by atoms with E-state index in [1.807, 2.05) is 0 Å². The summed E-state index contributed by atoms with van der Waals surface area (Å²) in [5.74, 6) is -0.778. The van der Waals surface area contributed by atoms with E-state index in [1.54, 1.807) is 19.1 Å². The summed E-state index contributed by atoms with van der Waals surface area (Å²) in [7, 11) is -10.8. The maximum absolute atomic E-state index is 13.4. The lowest BCUT2D eigenvalue weighted by molar-refractivity contribution is 0.280. The highest BCUT2D eigenvalue weighted by molar-refractivity contribution is 7.92. The van der Waals surface area contributed by atoms with E-state index < -0.39 is 41.8 Å². The molecule has 11 heteroatoms. The second-order valence-electron chi connectivity index (χ2n) is 6.86. The van der Waals surface area contributed by atoms with Gasteiger partial charge in [0.1, 0.15) is 0 Å². The van der Waals surface area contributed by atoms with Crippen molar-refractivity contribution in [3.8, 4) is 0 Å². The van der Waals surface area contributed by atoms with Gasteiger partial charge in [0.2, 0.25) is 10.0 Å². The third kappa shape index (κ3) is 3.94.